The molecule has 0 spiro atoms. The second-order valence-electron chi connectivity index (χ2n) is 4.21. The molecule has 0 unspecified atom stereocenters. The van der Waals surface area contributed by atoms with Crippen LogP contribution >= 0.6 is 0 Å². The molecule has 21 heavy (non-hydrogen) atoms. The van der Waals surface area contributed by atoms with Crippen molar-refractivity contribution in [2.24, 2.45) is 0 Å². The molecular formula is C14H8F6Si. The SMILES string of the molecule is FC(F)(F)c1ccccc1[Si]c1ccccc1C(F)(F)F. The highest BCUT2D eigenvalue weighted by molar-refractivity contribution is 6.68. The van der Waals surface area contributed by atoms with Crippen molar-refractivity contribution >= 4 is 19.9 Å². The molecule has 0 saturated carbocycles. The standard InChI is InChI=1S/C14H8F6Si/c15-13(16,17)9-5-1-3-7-11(9)21-12-8-4-2-6-10(12)14(18,19)20/h1-8H. The van der Waals surface area contributed by atoms with Crippen LogP contribution in [0.25, 0.3) is 0 Å². The predicted octanol–water partition coefficient (Wildman–Crippen LogP) is 3.38. The van der Waals surface area contributed by atoms with E-state index in [0.717, 1.165) is 12.1 Å². The van der Waals surface area contributed by atoms with Gasteiger partial charge in [0.25, 0.3) is 0 Å². The second kappa shape index (κ2) is 5.55. The van der Waals surface area contributed by atoms with Gasteiger partial charge in [0, 0.05) is 0 Å². The zero-order valence-corrected chi connectivity index (χ0v) is 11.4. The van der Waals surface area contributed by atoms with Gasteiger partial charge in [0.2, 0.25) is 0 Å². The molecule has 0 nitrogen and oxygen atoms in total. The quantitative estimate of drug-likeness (QED) is 0.588. The largest absolute Gasteiger partial charge is 0.416 e. The molecule has 0 amide bonds. The number of alkyl halides is 6. The van der Waals surface area contributed by atoms with Crippen molar-refractivity contribution in [3.8, 4) is 0 Å². The van der Waals surface area contributed by atoms with E-state index in [0.29, 0.717) is 0 Å². The summed E-state index contributed by atoms with van der Waals surface area (Å²) in [5.74, 6) is 0. The lowest BCUT2D eigenvalue weighted by Crippen LogP contribution is -2.36. The van der Waals surface area contributed by atoms with E-state index in [4.69, 9.17) is 0 Å². The Kier molecular flexibility index (Phi) is 4.13. The van der Waals surface area contributed by atoms with Crippen LogP contribution in [-0.4, -0.2) is 9.52 Å². The maximum atomic E-state index is 12.9. The number of hydrogen-bond acceptors (Lipinski definition) is 0. The summed E-state index contributed by atoms with van der Waals surface area (Å²) in [5.41, 5.74) is -1.80. The lowest BCUT2D eigenvalue weighted by atomic mass is 10.2. The van der Waals surface area contributed by atoms with Crippen molar-refractivity contribution < 1.29 is 26.3 Å². The molecule has 7 heteroatoms. The summed E-state index contributed by atoms with van der Waals surface area (Å²) in [7, 11) is -0.719. The Labute approximate surface area is 119 Å². The van der Waals surface area contributed by atoms with Crippen molar-refractivity contribution in [2.75, 3.05) is 0 Å². The van der Waals surface area contributed by atoms with Crippen LogP contribution < -0.4 is 10.4 Å². The average molecular weight is 318 g/mol. The summed E-state index contributed by atoms with van der Waals surface area (Å²) in [4.78, 5) is 0. The Morgan fingerprint density at radius 3 is 1.24 bits per heavy atom. The van der Waals surface area contributed by atoms with Crippen LogP contribution in [0.5, 0.6) is 0 Å². The van der Waals surface area contributed by atoms with Gasteiger partial charge in [-0.1, -0.05) is 48.5 Å². The first-order chi connectivity index (χ1) is 9.69. The van der Waals surface area contributed by atoms with Gasteiger partial charge < -0.3 is 0 Å². The van der Waals surface area contributed by atoms with Crippen molar-refractivity contribution in [3.05, 3.63) is 59.7 Å². The first-order valence-corrected chi connectivity index (χ1v) is 6.79. The van der Waals surface area contributed by atoms with Gasteiger partial charge in [-0.15, -0.1) is 0 Å². The number of halogens is 6. The summed E-state index contributed by atoms with van der Waals surface area (Å²) in [6.45, 7) is 0. The topological polar surface area (TPSA) is 0 Å². The molecule has 0 aliphatic rings. The second-order valence-corrected chi connectivity index (χ2v) is 5.54. The normalized spacial score (nSPS) is 12.5. The Morgan fingerprint density at radius 2 is 0.905 bits per heavy atom. The molecule has 0 aliphatic heterocycles. The van der Waals surface area contributed by atoms with Gasteiger partial charge >= 0.3 is 12.4 Å². The highest BCUT2D eigenvalue weighted by Gasteiger charge is 2.35. The Bertz CT molecular complexity index is 574. The van der Waals surface area contributed by atoms with Crippen LogP contribution in [0.2, 0.25) is 0 Å². The fourth-order valence-electron chi connectivity index (χ4n) is 1.82. The van der Waals surface area contributed by atoms with E-state index in [1.807, 2.05) is 0 Å². The van der Waals surface area contributed by atoms with Crippen LogP contribution in [0, 0.1) is 0 Å². The van der Waals surface area contributed by atoms with Gasteiger partial charge in [-0.3, -0.25) is 0 Å². The minimum absolute atomic E-state index is 0.151. The van der Waals surface area contributed by atoms with Gasteiger partial charge in [0.1, 0.15) is 9.52 Å². The van der Waals surface area contributed by atoms with Crippen LogP contribution in [0.15, 0.2) is 48.5 Å². The first-order valence-electron chi connectivity index (χ1n) is 5.79. The Hall–Kier alpha value is -1.76. The van der Waals surface area contributed by atoms with Gasteiger partial charge in [-0.2, -0.15) is 26.3 Å². The molecule has 0 N–H and O–H groups in total. The van der Waals surface area contributed by atoms with Crippen molar-refractivity contribution in [2.45, 2.75) is 12.4 Å². The van der Waals surface area contributed by atoms with E-state index in [2.05, 4.69) is 0 Å². The molecule has 0 aromatic heterocycles. The molecule has 0 atom stereocenters. The van der Waals surface area contributed by atoms with E-state index >= 15 is 0 Å². The fraction of sp³-hybridized carbons (Fsp3) is 0.143. The van der Waals surface area contributed by atoms with Crippen LogP contribution in [0.1, 0.15) is 11.1 Å². The van der Waals surface area contributed by atoms with E-state index in [1.54, 1.807) is 0 Å². The van der Waals surface area contributed by atoms with Crippen LogP contribution in [0.3, 0.4) is 0 Å². The third-order valence-corrected chi connectivity index (χ3v) is 4.14. The maximum Gasteiger partial charge on any atom is 0.416 e. The van der Waals surface area contributed by atoms with E-state index < -0.39 is 33.0 Å². The summed E-state index contributed by atoms with van der Waals surface area (Å²) in [6.07, 6.45) is -9.17. The van der Waals surface area contributed by atoms with Gasteiger partial charge in [0.15, 0.2) is 0 Å². The van der Waals surface area contributed by atoms with E-state index in [1.165, 1.54) is 36.4 Å². The molecule has 2 rings (SSSR count). The van der Waals surface area contributed by atoms with Crippen LogP contribution in [-0.2, 0) is 12.4 Å². The molecule has 0 saturated heterocycles. The fourth-order valence-corrected chi connectivity index (χ4v) is 3.19. The number of hydrogen-bond donors (Lipinski definition) is 0. The molecular weight excluding hydrogens is 310 g/mol. The highest BCUT2D eigenvalue weighted by atomic mass is 28.2. The van der Waals surface area contributed by atoms with Gasteiger partial charge in [-0.05, 0) is 10.4 Å². The lowest BCUT2D eigenvalue weighted by molar-refractivity contribution is -0.137. The summed E-state index contributed by atoms with van der Waals surface area (Å²) >= 11 is 0. The van der Waals surface area contributed by atoms with Crippen molar-refractivity contribution in [1.29, 1.82) is 0 Å². The zero-order chi connectivity index (χ0) is 15.7. The van der Waals surface area contributed by atoms with E-state index in [9.17, 15) is 26.3 Å². The third-order valence-electron chi connectivity index (χ3n) is 2.73. The third kappa shape index (κ3) is 3.66. The number of rotatable bonds is 2. The molecule has 0 heterocycles. The minimum Gasteiger partial charge on any atom is -0.166 e. The van der Waals surface area contributed by atoms with Gasteiger partial charge in [-0.25, -0.2) is 0 Å². The molecule has 2 aromatic rings. The summed E-state index contributed by atoms with van der Waals surface area (Å²) in [6, 6.07) is 9.35. The Balaban J connectivity index is 2.45. The Morgan fingerprint density at radius 1 is 0.571 bits per heavy atom. The first kappa shape index (κ1) is 15.6. The van der Waals surface area contributed by atoms with Crippen molar-refractivity contribution in [3.63, 3.8) is 0 Å². The van der Waals surface area contributed by atoms with E-state index in [-0.39, 0.29) is 10.4 Å². The predicted molar refractivity (Wildman–Crippen MR) is 67.9 cm³/mol. The minimum atomic E-state index is -4.59. The maximum absolute atomic E-state index is 12.9. The van der Waals surface area contributed by atoms with Crippen molar-refractivity contribution in [1.82, 2.24) is 0 Å². The molecule has 2 aromatic carbocycles. The summed E-state index contributed by atoms with van der Waals surface area (Å²) < 4.78 is 77.2. The molecule has 2 radical (unpaired) electrons. The highest BCUT2D eigenvalue weighted by Crippen LogP contribution is 2.29. The summed E-state index contributed by atoms with van der Waals surface area (Å²) in [5, 5.41) is -0.302. The van der Waals surface area contributed by atoms with Crippen LogP contribution in [0.4, 0.5) is 26.3 Å². The monoisotopic (exact) mass is 318 g/mol. The van der Waals surface area contributed by atoms with Gasteiger partial charge in [0.05, 0.1) is 11.1 Å². The zero-order valence-electron chi connectivity index (χ0n) is 10.4. The molecule has 0 aliphatic carbocycles. The molecule has 0 bridgehead atoms. The smallest absolute Gasteiger partial charge is 0.166 e. The molecule has 110 valence electrons. The lowest BCUT2D eigenvalue weighted by Gasteiger charge is -2.15. The molecule has 0 fully saturated rings. The number of benzene rings is 2. The average Bonchev–Trinajstić information content (AvgIpc) is 2.37.